The fourth-order valence-corrected chi connectivity index (χ4v) is 3.86. The van der Waals surface area contributed by atoms with Crippen molar-refractivity contribution in [1.29, 1.82) is 0 Å². The molecule has 4 rings (SSSR count). The standard InChI is InChI=1S/C25H29F2N7/c1-5-13-25(26,27)22-28-23(24(2,3)4)34(31-22)16-18-11-9-17(10-12-18)14-19-7-6-8-20(15-19)21-29-32-33-30-21/h6-12,15H,5,13-14,16H2,1-4H3,(H,29,30,32,33). The first kappa shape index (κ1) is 23.7. The molecule has 0 unspecified atom stereocenters. The highest BCUT2D eigenvalue weighted by molar-refractivity contribution is 5.55. The van der Waals surface area contributed by atoms with Gasteiger partial charge in [-0.05, 0) is 40.8 Å². The molecule has 0 aliphatic heterocycles. The van der Waals surface area contributed by atoms with E-state index in [1.54, 1.807) is 11.6 Å². The molecule has 0 atom stereocenters. The molecule has 0 radical (unpaired) electrons. The summed E-state index contributed by atoms with van der Waals surface area (Å²) < 4.78 is 30.6. The van der Waals surface area contributed by atoms with Gasteiger partial charge in [-0.1, -0.05) is 70.2 Å². The van der Waals surface area contributed by atoms with Crippen molar-refractivity contribution in [2.45, 2.75) is 64.8 Å². The number of nitrogens with zero attached hydrogens (tertiary/aromatic N) is 6. The van der Waals surface area contributed by atoms with E-state index in [4.69, 9.17) is 0 Å². The highest BCUT2D eigenvalue weighted by Gasteiger charge is 2.37. The Bertz CT molecular complexity index is 1220. The van der Waals surface area contributed by atoms with E-state index in [2.05, 4.69) is 48.9 Å². The van der Waals surface area contributed by atoms with Crippen LogP contribution in [0.25, 0.3) is 11.4 Å². The van der Waals surface area contributed by atoms with Crippen LogP contribution in [-0.2, 0) is 24.3 Å². The van der Waals surface area contributed by atoms with E-state index in [0.717, 1.165) is 28.7 Å². The predicted molar refractivity (Wildman–Crippen MR) is 125 cm³/mol. The molecule has 4 aromatic rings. The second-order valence-electron chi connectivity index (χ2n) is 9.55. The molecule has 9 heteroatoms. The minimum Gasteiger partial charge on any atom is -0.245 e. The third-order valence-electron chi connectivity index (χ3n) is 5.53. The van der Waals surface area contributed by atoms with Crippen LogP contribution >= 0.6 is 0 Å². The van der Waals surface area contributed by atoms with Crippen molar-refractivity contribution in [2.75, 3.05) is 0 Å². The zero-order valence-electron chi connectivity index (χ0n) is 19.9. The van der Waals surface area contributed by atoms with Crippen LogP contribution in [0.2, 0.25) is 0 Å². The van der Waals surface area contributed by atoms with Gasteiger partial charge in [-0.2, -0.15) is 14.0 Å². The Morgan fingerprint density at radius 2 is 1.71 bits per heavy atom. The summed E-state index contributed by atoms with van der Waals surface area (Å²) in [6.07, 6.45) is 0.852. The van der Waals surface area contributed by atoms with E-state index in [0.29, 0.717) is 24.6 Å². The van der Waals surface area contributed by atoms with Crippen LogP contribution in [0.15, 0.2) is 48.5 Å². The molecule has 0 fully saturated rings. The van der Waals surface area contributed by atoms with Gasteiger partial charge in [0, 0.05) is 17.4 Å². The van der Waals surface area contributed by atoms with Crippen LogP contribution in [0.1, 0.15) is 68.9 Å². The number of tetrazole rings is 1. The van der Waals surface area contributed by atoms with Gasteiger partial charge in [0.25, 0.3) is 0 Å². The number of H-pyrrole nitrogens is 1. The fourth-order valence-electron chi connectivity index (χ4n) is 3.86. The van der Waals surface area contributed by atoms with Gasteiger partial charge in [0.05, 0.1) is 6.54 Å². The van der Waals surface area contributed by atoms with Gasteiger partial charge in [0.2, 0.25) is 11.6 Å². The molecule has 0 saturated carbocycles. The number of nitrogens with one attached hydrogen (secondary N) is 1. The number of benzene rings is 2. The molecule has 0 aliphatic rings. The molecule has 1 N–H and O–H groups in total. The van der Waals surface area contributed by atoms with E-state index < -0.39 is 17.2 Å². The number of hydrogen-bond donors (Lipinski definition) is 1. The summed E-state index contributed by atoms with van der Waals surface area (Å²) in [5, 5.41) is 18.4. The first-order valence-corrected chi connectivity index (χ1v) is 11.4. The van der Waals surface area contributed by atoms with Gasteiger partial charge >= 0.3 is 5.92 Å². The maximum atomic E-state index is 14.5. The van der Waals surface area contributed by atoms with Crippen molar-refractivity contribution in [3.8, 4) is 11.4 Å². The first-order chi connectivity index (χ1) is 16.2. The van der Waals surface area contributed by atoms with Gasteiger partial charge in [-0.3, -0.25) is 0 Å². The van der Waals surface area contributed by atoms with Gasteiger partial charge in [-0.15, -0.1) is 15.3 Å². The number of aromatic nitrogens is 7. The van der Waals surface area contributed by atoms with Crippen molar-refractivity contribution >= 4 is 0 Å². The lowest BCUT2D eigenvalue weighted by molar-refractivity contribution is -0.0232. The Balaban J connectivity index is 1.52. The minimum absolute atomic E-state index is 0.261. The van der Waals surface area contributed by atoms with Gasteiger partial charge < -0.3 is 0 Å². The van der Waals surface area contributed by atoms with Crippen LogP contribution in [0.3, 0.4) is 0 Å². The summed E-state index contributed by atoms with van der Waals surface area (Å²) in [5.74, 6) is -2.30. The highest BCUT2D eigenvalue weighted by atomic mass is 19.3. The zero-order chi connectivity index (χ0) is 24.3. The maximum Gasteiger partial charge on any atom is 0.308 e. The molecule has 2 heterocycles. The van der Waals surface area contributed by atoms with Crippen LogP contribution in [0, 0.1) is 0 Å². The quantitative estimate of drug-likeness (QED) is 0.382. The molecule has 34 heavy (non-hydrogen) atoms. The van der Waals surface area contributed by atoms with Gasteiger partial charge in [-0.25, -0.2) is 9.67 Å². The largest absolute Gasteiger partial charge is 0.308 e. The zero-order valence-corrected chi connectivity index (χ0v) is 19.9. The molecule has 0 aliphatic carbocycles. The molecule has 178 valence electrons. The summed E-state index contributed by atoms with van der Waals surface area (Å²) >= 11 is 0. The molecule has 2 aromatic carbocycles. The van der Waals surface area contributed by atoms with Crippen molar-refractivity contribution in [3.63, 3.8) is 0 Å². The van der Waals surface area contributed by atoms with Crippen molar-refractivity contribution in [3.05, 3.63) is 76.9 Å². The number of hydrogen-bond acceptors (Lipinski definition) is 5. The lowest BCUT2D eigenvalue weighted by Gasteiger charge is -2.18. The predicted octanol–water partition coefficient (Wildman–Crippen LogP) is 5.29. The lowest BCUT2D eigenvalue weighted by Crippen LogP contribution is -2.20. The number of halogens is 2. The molecular weight excluding hydrogens is 436 g/mol. The Labute approximate surface area is 197 Å². The van der Waals surface area contributed by atoms with Crippen molar-refractivity contribution < 1.29 is 8.78 Å². The van der Waals surface area contributed by atoms with Crippen LogP contribution in [-0.4, -0.2) is 35.4 Å². The summed E-state index contributed by atoms with van der Waals surface area (Å²) in [5.41, 5.74) is 3.74. The van der Waals surface area contributed by atoms with E-state index in [9.17, 15) is 8.78 Å². The fraction of sp³-hybridized carbons (Fsp3) is 0.400. The van der Waals surface area contributed by atoms with Gasteiger partial charge in [0.1, 0.15) is 5.82 Å². The summed E-state index contributed by atoms with van der Waals surface area (Å²) in [6.45, 7) is 8.00. The highest BCUT2D eigenvalue weighted by Crippen LogP contribution is 2.32. The van der Waals surface area contributed by atoms with E-state index >= 15 is 0 Å². The summed E-state index contributed by atoms with van der Waals surface area (Å²) in [4.78, 5) is 4.26. The summed E-state index contributed by atoms with van der Waals surface area (Å²) in [6, 6.07) is 16.1. The topological polar surface area (TPSA) is 85.2 Å². The average molecular weight is 466 g/mol. The van der Waals surface area contributed by atoms with Crippen molar-refractivity contribution in [2.24, 2.45) is 0 Å². The Morgan fingerprint density at radius 1 is 0.971 bits per heavy atom. The Morgan fingerprint density at radius 3 is 2.35 bits per heavy atom. The average Bonchev–Trinajstić information content (AvgIpc) is 3.46. The number of rotatable bonds is 8. The molecular formula is C25H29F2N7. The number of aromatic amines is 1. The van der Waals surface area contributed by atoms with E-state index in [1.807, 2.05) is 51.1 Å². The summed E-state index contributed by atoms with van der Waals surface area (Å²) in [7, 11) is 0. The molecule has 2 aromatic heterocycles. The third-order valence-corrected chi connectivity index (χ3v) is 5.53. The Kier molecular flexibility index (Phi) is 6.54. The Hall–Kier alpha value is -3.49. The van der Waals surface area contributed by atoms with E-state index in [-0.39, 0.29) is 6.42 Å². The number of alkyl halides is 2. The van der Waals surface area contributed by atoms with Crippen LogP contribution < -0.4 is 0 Å². The maximum absolute atomic E-state index is 14.5. The van der Waals surface area contributed by atoms with E-state index in [1.165, 1.54) is 0 Å². The smallest absolute Gasteiger partial charge is 0.245 e. The molecule has 0 amide bonds. The SMILES string of the molecule is CCCC(F)(F)c1nc(C(C)(C)C)n(Cc2ccc(Cc3cccc(-c4nn[nH]n4)c3)cc2)n1. The second-order valence-corrected chi connectivity index (χ2v) is 9.55. The van der Waals surface area contributed by atoms with Crippen molar-refractivity contribution in [1.82, 2.24) is 35.4 Å². The molecule has 0 saturated heterocycles. The van der Waals surface area contributed by atoms with Crippen LogP contribution in [0.5, 0.6) is 0 Å². The normalized spacial score (nSPS) is 12.3. The molecule has 0 spiro atoms. The first-order valence-electron chi connectivity index (χ1n) is 11.4. The third kappa shape index (κ3) is 5.35. The molecule has 7 nitrogen and oxygen atoms in total. The minimum atomic E-state index is -3.03. The lowest BCUT2D eigenvalue weighted by atomic mass is 9.95. The second kappa shape index (κ2) is 9.40. The monoisotopic (exact) mass is 465 g/mol. The van der Waals surface area contributed by atoms with Crippen LogP contribution in [0.4, 0.5) is 8.78 Å². The molecule has 0 bridgehead atoms. The van der Waals surface area contributed by atoms with Gasteiger partial charge in [0.15, 0.2) is 0 Å².